The lowest BCUT2D eigenvalue weighted by molar-refractivity contribution is -0.385. The summed E-state index contributed by atoms with van der Waals surface area (Å²) in [5, 5.41) is 25.0. The van der Waals surface area contributed by atoms with Crippen molar-refractivity contribution in [1.29, 1.82) is 0 Å². The third kappa shape index (κ3) is 15.6. The van der Waals surface area contributed by atoms with E-state index < -0.39 is 47.3 Å². The predicted molar refractivity (Wildman–Crippen MR) is 273 cm³/mol. The molecule has 3 aromatic carbocycles. The van der Waals surface area contributed by atoms with Crippen molar-refractivity contribution in [1.82, 2.24) is 9.80 Å². The van der Waals surface area contributed by atoms with Crippen LogP contribution in [0.4, 0.5) is 11.4 Å². The molecule has 0 N–H and O–H groups in total. The first-order valence-electron chi connectivity index (χ1n) is 24.2. The number of nitrogens with zero attached hydrogens (tertiary/aromatic N) is 4. The van der Waals surface area contributed by atoms with Gasteiger partial charge >= 0.3 is 5.97 Å². The highest BCUT2D eigenvalue weighted by molar-refractivity contribution is 6.74. The third-order valence-corrected chi connectivity index (χ3v) is 17.4. The third-order valence-electron chi connectivity index (χ3n) is 12.9. The van der Waals surface area contributed by atoms with E-state index in [-0.39, 0.29) is 105 Å². The number of ether oxygens (including phenoxy) is 8. The summed E-state index contributed by atoms with van der Waals surface area (Å²) in [7, 11) is 0.494. The molecule has 0 radical (unpaired) electrons. The molecule has 2 aliphatic rings. The molecule has 20 nitrogen and oxygen atoms in total. The Kier molecular flexibility index (Phi) is 20.5. The van der Waals surface area contributed by atoms with Gasteiger partial charge in [-0.1, -0.05) is 38.8 Å². The van der Waals surface area contributed by atoms with Gasteiger partial charge in [0.2, 0.25) is 0 Å². The Labute approximate surface area is 427 Å². The molecular formula is C52H70N4O16Si. The number of esters is 1. The first-order chi connectivity index (χ1) is 34.6. The summed E-state index contributed by atoms with van der Waals surface area (Å²) in [4.78, 5) is 66.0. The molecule has 0 bridgehead atoms. The van der Waals surface area contributed by atoms with Crippen molar-refractivity contribution in [3.8, 4) is 23.0 Å². The second kappa shape index (κ2) is 26.0. The molecule has 398 valence electrons. The van der Waals surface area contributed by atoms with Crippen LogP contribution in [0.1, 0.15) is 98.2 Å². The van der Waals surface area contributed by atoms with Crippen LogP contribution in [0.3, 0.4) is 0 Å². The van der Waals surface area contributed by atoms with E-state index in [4.69, 9.17) is 37.6 Å². The number of benzene rings is 3. The van der Waals surface area contributed by atoms with E-state index in [1.54, 1.807) is 42.4 Å². The number of rotatable bonds is 27. The summed E-state index contributed by atoms with van der Waals surface area (Å²) < 4.78 is 51.4. The minimum Gasteiger partial charge on any atom is -0.493 e. The SMILES string of the molecule is CC[C@@H]1CC(C)=CN1C(=O)c1cc(OC)c(OCc2cc(COc3cc([N+](=O)[O-])c(C(=O)N4C=C(C)C[C@H]4CO[Si](C)(C)C(C)(C)C)cc3C)cc(OCCOCCOCCOCC(=O)OC)c2)cc1[N+](=O)[O-]. The normalized spacial score (nSPS) is 15.7. The van der Waals surface area contributed by atoms with Crippen molar-refractivity contribution >= 4 is 37.5 Å². The quantitative estimate of drug-likeness (QED) is 0.0228. The molecule has 2 heterocycles. The summed E-state index contributed by atoms with van der Waals surface area (Å²) in [6, 6.07) is 9.97. The maximum Gasteiger partial charge on any atom is 0.331 e. The van der Waals surface area contributed by atoms with Crippen LogP contribution in [0.25, 0.3) is 0 Å². The van der Waals surface area contributed by atoms with E-state index in [0.717, 1.165) is 11.1 Å². The molecular weight excluding hydrogens is 965 g/mol. The van der Waals surface area contributed by atoms with Crippen LogP contribution in [0.5, 0.6) is 23.0 Å². The lowest BCUT2D eigenvalue weighted by Crippen LogP contribution is -2.45. The van der Waals surface area contributed by atoms with E-state index in [2.05, 4.69) is 38.6 Å². The number of nitro groups is 2. The second-order valence-electron chi connectivity index (χ2n) is 19.5. The fourth-order valence-corrected chi connectivity index (χ4v) is 8.97. The molecule has 0 saturated heterocycles. The van der Waals surface area contributed by atoms with E-state index in [1.165, 1.54) is 43.4 Å². The number of carbonyl (C=O) groups excluding carboxylic acids is 3. The van der Waals surface area contributed by atoms with E-state index in [9.17, 15) is 34.6 Å². The van der Waals surface area contributed by atoms with Gasteiger partial charge in [0.15, 0.2) is 19.8 Å². The molecule has 0 aliphatic carbocycles. The zero-order valence-electron chi connectivity index (χ0n) is 43.9. The minimum absolute atomic E-state index is 0.0206. The average Bonchev–Trinajstić information content (AvgIpc) is 3.93. The molecule has 5 rings (SSSR count). The first-order valence-corrected chi connectivity index (χ1v) is 27.1. The second-order valence-corrected chi connectivity index (χ2v) is 24.3. The summed E-state index contributed by atoms with van der Waals surface area (Å²) in [5.74, 6) is -0.811. The van der Waals surface area contributed by atoms with Crippen molar-refractivity contribution in [3.63, 3.8) is 0 Å². The van der Waals surface area contributed by atoms with Gasteiger partial charge in [-0.25, -0.2) is 4.79 Å². The van der Waals surface area contributed by atoms with Crippen LogP contribution >= 0.6 is 0 Å². The Bertz CT molecular complexity index is 2540. The van der Waals surface area contributed by atoms with Crippen molar-refractivity contribution in [2.75, 3.05) is 67.1 Å². The number of hydrogen-bond acceptors (Lipinski definition) is 16. The molecule has 0 unspecified atom stereocenters. The van der Waals surface area contributed by atoms with Gasteiger partial charge in [-0.2, -0.15) is 0 Å². The summed E-state index contributed by atoms with van der Waals surface area (Å²) in [6.07, 6.45) is 5.38. The van der Waals surface area contributed by atoms with Gasteiger partial charge in [-0.3, -0.25) is 29.8 Å². The van der Waals surface area contributed by atoms with Crippen LogP contribution in [0.2, 0.25) is 18.1 Å². The monoisotopic (exact) mass is 1030 g/mol. The lowest BCUT2D eigenvalue weighted by Gasteiger charge is -2.38. The average molecular weight is 1040 g/mol. The molecule has 0 saturated carbocycles. The molecule has 3 aromatic rings. The number of aryl methyl sites for hydroxylation is 1. The van der Waals surface area contributed by atoms with Gasteiger partial charge in [-0.05, 0) is 99.1 Å². The fraction of sp³-hybridized carbons (Fsp3) is 0.519. The van der Waals surface area contributed by atoms with Crippen LogP contribution in [-0.4, -0.2) is 125 Å². The highest BCUT2D eigenvalue weighted by Gasteiger charge is 2.40. The van der Waals surface area contributed by atoms with Gasteiger partial charge in [-0.15, -0.1) is 0 Å². The smallest absolute Gasteiger partial charge is 0.331 e. The molecule has 0 fully saturated rings. The van der Waals surface area contributed by atoms with Crippen molar-refractivity contribution in [3.05, 3.63) is 114 Å². The van der Waals surface area contributed by atoms with Gasteiger partial charge in [0.05, 0.1) is 81.9 Å². The first kappa shape index (κ1) is 57.5. The zero-order chi connectivity index (χ0) is 53.6. The molecule has 0 spiro atoms. The lowest BCUT2D eigenvalue weighted by atomic mass is 10.1. The van der Waals surface area contributed by atoms with Gasteiger partial charge in [0, 0.05) is 24.5 Å². The molecule has 73 heavy (non-hydrogen) atoms. The van der Waals surface area contributed by atoms with Gasteiger partial charge < -0.3 is 52.1 Å². The van der Waals surface area contributed by atoms with Crippen LogP contribution in [0.15, 0.2) is 66.0 Å². The number of methoxy groups -OCH3 is 2. The summed E-state index contributed by atoms with van der Waals surface area (Å²) >= 11 is 0. The van der Waals surface area contributed by atoms with E-state index >= 15 is 0 Å². The number of nitro benzene ring substituents is 2. The Balaban J connectivity index is 1.35. The molecule has 2 atom stereocenters. The number of carbonyl (C=O) groups is 3. The topological polar surface area (TPSA) is 227 Å². The Morgan fingerprint density at radius 2 is 1.18 bits per heavy atom. The molecule has 2 amide bonds. The number of amides is 2. The minimum atomic E-state index is -2.16. The largest absolute Gasteiger partial charge is 0.493 e. The highest BCUT2D eigenvalue weighted by atomic mass is 28.4. The fourth-order valence-electron chi connectivity index (χ4n) is 7.93. The van der Waals surface area contributed by atoms with Gasteiger partial charge in [0.25, 0.3) is 23.2 Å². The van der Waals surface area contributed by atoms with Crippen LogP contribution < -0.4 is 18.9 Å². The van der Waals surface area contributed by atoms with Crippen LogP contribution in [-0.2, 0) is 41.4 Å². The number of hydrogen-bond donors (Lipinski definition) is 0. The van der Waals surface area contributed by atoms with E-state index in [1.807, 2.05) is 20.8 Å². The predicted octanol–water partition coefficient (Wildman–Crippen LogP) is 9.25. The standard InChI is InChI=1S/C52H70N4O16Si/c1-12-39-19-34(2)28-53(39)51(59)43-25-47(64-8)48(27-45(43)56(62)63)71-31-38-22-37(23-41(24-38)69-18-17-67-14-13-66-15-16-68-33-49(57)65-9)30-70-46-26-44(55(60)61)42(21-36(46)4)50(58)54-29-35(3)20-40(54)32-72-73(10,11)52(5,6)7/h21-29,39-40H,12-20,30-33H2,1-11H3/t39-,40+/m1/s1. The van der Waals surface area contributed by atoms with Crippen molar-refractivity contribution in [2.45, 2.75) is 111 Å². The van der Waals surface area contributed by atoms with Crippen molar-refractivity contribution in [2.24, 2.45) is 0 Å². The van der Waals surface area contributed by atoms with Gasteiger partial charge in [0.1, 0.15) is 49.1 Å². The molecule has 21 heteroatoms. The summed E-state index contributed by atoms with van der Waals surface area (Å²) in [5.41, 5.74) is 2.49. The van der Waals surface area contributed by atoms with Crippen molar-refractivity contribution < 1.29 is 66.6 Å². The molecule has 0 aromatic heterocycles. The maximum absolute atomic E-state index is 14.2. The maximum atomic E-state index is 14.2. The Morgan fingerprint density at radius 3 is 1.71 bits per heavy atom. The molecule has 2 aliphatic heterocycles. The highest BCUT2D eigenvalue weighted by Crippen LogP contribution is 2.40. The van der Waals surface area contributed by atoms with E-state index in [0.29, 0.717) is 48.3 Å². The Hall–Kier alpha value is -6.39. The zero-order valence-corrected chi connectivity index (χ0v) is 44.9. The van der Waals surface area contributed by atoms with Crippen LogP contribution in [0, 0.1) is 27.2 Å². The Morgan fingerprint density at radius 1 is 0.671 bits per heavy atom. The summed E-state index contributed by atoms with van der Waals surface area (Å²) in [6.45, 7) is 19.4.